The van der Waals surface area contributed by atoms with Crippen LogP contribution in [0.1, 0.15) is 51.4 Å². The van der Waals surface area contributed by atoms with Gasteiger partial charge in [-0.05, 0) is 68.1 Å². The van der Waals surface area contributed by atoms with Crippen LogP contribution in [-0.4, -0.2) is 23.2 Å². The van der Waals surface area contributed by atoms with Crippen molar-refractivity contribution in [2.75, 3.05) is 0 Å². The Kier molecular flexibility index (Phi) is 2.33. The molecule has 4 bridgehead atoms. The Morgan fingerprint density at radius 3 is 2.06 bits per heavy atom. The highest BCUT2D eigenvalue weighted by molar-refractivity contribution is 5.77. The first-order valence-electron chi connectivity index (χ1n) is 7.60. The molecule has 2 N–H and O–H groups in total. The van der Waals surface area contributed by atoms with Crippen LogP contribution in [0.15, 0.2) is 0 Å². The second-order valence-electron chi connectivity index (χ2n) is 7.49. The third kappa shape index (κ3) is 1.63. The van der Waals surface area contributed by atoms with Crippen molar-refractivity contribution >= 4 is 5.91 Å². The van der Waals surface area contributed by atoms with Gasteiger partial charge in [0.1, 0.15) is 0 Å². The Morgan fingerprint density at radius 2 is 1.56 bits per heavy atom. The molecule has 0 aromatic carbocycles. The molecule has 3 nitrogen and oxygen atoms in total. The zero-order valence-corrected chi connectivity index (χ0v) is 10.9. The van der Waals surface area contributed by atoms with Crippen LogP contribution in [0.25, 0.3) is 0 Å². The van der Waals surface area contributed by atoms with E-state index in [0.29, 0.717) is 11.8 Å². The molecule has 5 rings (SSSR count). The van der Waals surface area contributed by atoms with Gasteiger partial charge >= 0.3 is 0 Å². The van der Waals surface area contributed by atoms with Crippen LogP contribution in [0.5, 0.6) is 0 Å². The van der Waals surface area contributed by atoms with Crippen molar-refractivity contribution < 1.29 is 9.90 Å². The third-order valence-electron chi connectivity index (χ3n) is 6.09. The number of carbonyl (C=O) groups is 1. The molecule has 1 heterocycles. The summed E-state index contributed by atoms with van der Waals surface area (Å²) in [6.07, 6.45) is 8.90. The zero-order valence-electron chi connectivity index (χ0n) is 10.9. The SMILES string of the molecule is O=C1C[C@H](O)C[C@H](C23CC4CC(CC(C4)C2)C3)N1. The first-order valence-corrected chi connectivity index (χ1v) is 7.60. The summed E-state index contributed by atoms with van der Waals surface area (Å²) in [5.41, 5.74) is 0.339. The highest BCUT2D eigenvalue weighted by Crippen LogP contribution is 2.61. The summed E-state index contributed by atoms with van der Waals surface area (Å²) in [6, 6.07) is 0.252. The molecule has 4 aliphatic carbocycles. The van der Waals surface area contributed by atoms with Crippen LogP contribution in [0, 0.1) is 23.2 Å². The molecule has 100 valence electrons. The monoisotopic (exact) mass is 249 g/mol. The molecule has 1 saturated heterocycles. The summed E-state index contributed by atoms with van der Waals surface area (Å²) in [5.74, 6) is 2.79. The number of aliphatic hydroxyl groups is 1. The summed E-state index contributed by atoms with van der Waals surface area (Å²) < 4.78 is 0. The lowest BCUT2D eigenvalue weighted by Gasteiger charge is -2.60. The second kappa shape index (κ2) is 3.72. The van der Waals surface area contributed by atoms with E-state index >= 15 is 0 Å². The Hall–Kier alpha value is -0.570. The molecule has 2 atom stereocenters. The highest BCUT2D eigenvalue weighted by Gasteiger charge is 2.55. The summed E-state index contributed by atoms with van der Waals surface area (Å²) in [4.78, 5) is 11.7. The van der Waals surface area contributed by atoms with E-state index in [4.69, 9.17) is 0 Å². The topological polar surface area (TPSA) is 49.3 Å². The van der Waals surface area contributed by atoms with Crippen molar-refractivity contribution in [2.24, 2.45) is 23.2 Å². The molecule has 1 aliphatic heterocycles. The lowest BCUT2D eigenvalue weighted by Crippen LogP contribution is -2.59. The number of carbonyl (C=O) groups excluding carboxylic acids is 1. The van der Waals surface area contributed by atoms with Gasteiger partial charge in [0.25, 0.3) is 0 Å². The highest BCUT2D eigenvalue weighted by atomic mass is 16.3. The van der Waals surface area contributed by atoms with E-state index in [1.54, 1.807) is 0 Å². The molecule has 1 amide bonds. The maximum atomic E-state index is 11.7. The van der Waals surface area contributed by atoms with Crippen molar-refractivity contribution in [1.82, 2.24) is 5.32 Å². The normalized spacial score (nSPS) is 54.5. The molecule has 18 heavy (non-hydrogen) atoms. The fraction of sp³-hybridized carbons (Fsp3) is 0.933. The van der Waals surface area contributed by atoms with E-state index in [2.05, 4.69) is 5.32 Å². The number of aliphatic hydroxyl groups excluding tert-OH is 1. The summed E-state index contributed by atoms with van der Waals surface area (Å²) in [6.45, 7) is 0. The van der Waals surface area contributed by atoms with Gasteiger partial charge in [-0.15, -0.1) is 0 Å². The molecule has 0 unspecified atom stereocenters. The lowest BCUT2D eigenvalue weighted by atomic mass is 9.47. The minimum atomic E-state index is -0.406. The largest absolute Gasteiger partial charge is 0.393 e. The van der Waals surface area contributed by atoms with E-state index < -0.39 is 6.10 Å². The van der Waals surface area contributed by atoms with Crippen LogP contribution in [0.2, 0.25) is 0 Å². The molecule has 5 aliphatic rings. The zero-order chi connectivity index (χ0) is 12.3. The molecule has 0 radical (unpaired) electrons. The number of hydrogen-bond acceptors (Lipinski definition) is 2. The summed E-state index contributed by atoms with van der Waals surface area (Å²) >= 11 is 0. The summed E-state index contributed by atoms with van der Waals surface area (Å²) in [7, 11) is 0. The standard InChI is InChI=1S/C15H23NO2/c17-12-4-13(16-14(18)5-12)15-6-9-1-10(7-15)3-11(2-9)8-15/h9-13,17H,1-8H2,(H,16,18)/t9?,10?,11?,12-,13-,15?/m1/s1. The van der Waals surface area contributed by atoms with Crippen LogP contribution >= 0.6 is 0 Å². The molecular formula is C15H23NO2. The lowest BCUT2D eigenvalue weighted by molar-refractivity contribution is -0.135. The smallest absolute Gasteiger partial charge is 0.222 e. The second-order valence-corrected chi connectivity index (χ2v) is 7.49. The molecule has 4 saturated carbocycles. The first kappa shape index (κ1) is 11.3. The van der Waals surface area contributed by atoms with Crippen molar-refractivity contribution in [3.63, 3.8) is 0 Å². The van der Waals surface area contributed by atoms with Gasteiger partial charge in [0, 0.05) is 6.04 Å². The van der Waals surface area contributed by atoms with E-state index in [1.807, 2.05) is 0 Å². The quantitative estimate of drug-likeness (QED) is 0.745. The van der Waals surface area contributed by atoms with E-state index in [0.717, 1.165) is 24.2 Å². The van der Waals surface area contributed by atoms with Crippen LogP contribution in [0.3, 0.4) is 0 Å². The van der Waals surface area contributed by atoms with Gasteiger partial charge in [-0.2, -0.15) is 0 Å². The average Bonchev–Trinajstić information content (AvgIpc) is 2.25. The summed E-state index contributed by atoms with van der Waals surface area (Å²) in [5, 5.41) is 13.1. The number of piperidine rings is 1. The van der Waals surface area contributed by atoms with E-state index in [1.165, 1.54) is 38.5 Å². The Balaban J connectivity index is 1.61. The maximum absolute atomic E-state index is 11.7. The van der Waals surface area contributed by atoms with Gasteiger partial charge < -0.3 is 10.4 Å². The number of amides is 1. The van der Waals surface area contributed by atoms with Gasteiger partial charge in [-0.25, -0.2) is 0 Å². The van der Waals surface area contributed by atoms with E-state index in [9.17, 15) is 9.90 Å². The van der Waals surface area contributed by atoms with Gasteiger partial charge in [-0.1, -0.05) is 0 Å². The molecule has 0 aromatic heterocycles. The van der Waals surface area contributed by atoms with Crippen molar-refractivity contribution in [1.29, 1.82) is 0 Å². The van der Waals surface area contributed by atoms with Crippen molar-refractivity contribution in [3.8, 4) is 0 Å². The number of rotatable bonds is 1. The fourth-order valence-electron chi connectivity index (χ4n) is 5.89. The predicted molar refractivity (Wildman–Crippen MR) is 67.8 cm³/mol. The van der Waals surface area contributed by atoms with Gasteiger partial charge in [0.2, 0.25) is 5.91 Å². The average molecular weight is 249 g/mol. The Labute approximate surface area is 108 Å². The first-order chi connectivity index (χ1) is 8.63. The Morgan fingerprint density at radius 1 is 1.00 bits per heavy atom. The van der Waals surface area contributed by atoms with Crippen LogP contribution < -0.4 is 5.32 Å². The van der Waals surface area contributed by atoms with Crippen LogP contribution in [0.4, 0.5) is 0 Å². The fourth-order valence-corrected chi connectivity index (χ4v) is 5.89. The van der Waals surface area contributed by atoms with Crippen LogP contribution in [-0.2, 0) is 4.79 Å². The Bertz CT molecular complexity index is 343. The van der Waals surface area contributed by atoms with Gasteiger partial charge in [-0.3, -0.25) is 4.79 Å². The number of nitrogens with one attached hydrogen (secondary N) is 1. The maximum Gasteiger partial charge on any atom is 0.222 e. The van der Waals surface area contributed by atoms with Gasteiger partial charge in [0.05, 0.1) is 12.5 Å². The minimum Gasteiger partial charge on any atom is -0.393 e. The minimum absolute atomic E-state index is 0.0643. The molecular weight excluding hydrogens is 226 g/mol. The van der Waals surface area contributed by atoms with E-state index in [-0.39, 0.29) is 11.9 Å². The van der Waals surface area contributed by atoms with Crippen molar-refractivity contribution in [3.05, 3.63) is 0 Å². The van der Waals surface area contributed by atoms with Gasteiger partial charge in [0.15, 0.2) is 0 Å². The third-order valence-corrected chi connectivity index (χ3v) is 6.09. The molecule has 0 spiro atoms. The molecule has 0 aromatic rings. The molecule has 5 fully saturated rings. The van der Waals surface area contributed by atoms with Crippen molar-refractivity contribution in [2.45, 2.75) is 63.5 Å². The predicted octanol–water partition coefficient (Wildman–Crippen LogP) is 1.84. The number of hydrogen-bond donors (Lipinski definition) is 2. The molecule has 3 heteroatoms.